The van der Waals surface area contributed by atoms with Gasteiger partial charge in [0.1, 0.15) is 5.51 Å². The summed E-state index contributed by atoms with van der Waals surface area (Å²) in [4.78, 5) is 4.04. The molecular weight excluding hydrogens is 188 g/mol. The molecule has 6 nitrogen and oxygen atoms in total. The number of aliphatic imine (C=N–C) groups is 1. The fourth-order valence-corrected chi connectivity index (χ4v) is 1.58. The lowest BCUT2D eigenvalue weighted by molar-refractivity contribution is 0.570. The zero-order chi connectivity index (χ0) is 9.31. The molecule has 0 amide bonds. The number of rotatable bonds is 1. The van der Waals surface area contributed by atoms with E-state index in [1.54, 1.807) is 17.8 Å². The Bertz CT molecular complexity index is 355. The molecule has 0 saturated heterocycles. The van der Waals surface area contributed by atoms with E-state index in [0.29, 0.717) is 5.01 Å². The Morgan fingerprint density at radius 2 is 2.38 bits per heavy atom. The van der Waals surface area contributed by atoms with Gasteiger partial charge in [-0.2, -0.15) is 0 Å². The van der Waals surface area contributed by atoms with E-state index in [9.17, 15) is 0 Å². The number of nitrogens with one attached hydrogen (secondary N) is 1. The van der Waals surface area contributed by atoms with E-state index < -0.39 is 5.66 Å². The molecule has 1 aliphatic rings. The van der Waals surface area contributed by atoms with E-state index in [4.69, 9.17) is 11.5 Å². The predicted octanol–water partition coefficient (Wildman–Crippen LogP) is -0.919. The van der Waals surface area contributed by atoms with Gasteiger partial charge in [0.15, 0.2) is 16.6 Å². The van der Waals surface area contributed by atoms with Gasteiger partial charge in [-0.1, -0.05) is 0 Å². The van der Waals surface area contributed by atoms with Crippen molar-refractivity contribution in [3.8, 4) is 0 Å². The zero-order valence-corrected chi connectivity index (χ0v) is 7.45. The Morgan fingerprint density at radius 3 is 3.00 bits per heavy atom. The lowest BCUT2D eigenvalue weighted by atomic mass is 10.2. The molecule has 68 valence electrons. The summed E-state index contributed by atoms with van der Waals surface area (Å²) < 4.78 is 0. The van der Waals surface area contributed by atoms with Crippen LogP contribution >= 0.6 is 11.3 Å². The van der Waals surface area contributed by atoms with Crippen LogP contribution in [0.5, 0.6) is 0 Å². The van der Waals surface area contributed by atoms with Crippen molar-refractivity contribution in [1.29, 1.82) is 0 Å². The Kier molecular flexibility index (Phi) is 1.74. The second-order valence-corrected chi connectivity index (χ2v) is 3.38. The highest BCUT2D eigenvalue weighted by Crippen LogP contribution is 2.23. The third-order valence-electron chi connectivity index (χ3n) is 1.58. The molecule has 0 bridgehead atoms. The van der Waals surface area contributed by atoms with Gasteiger partial charge in [-0.15, -0.1) is 21.5 Å². The Hall–Kier alpha value is -1.47. The van der Waals surface area contributed by atoms with Crippen molar-refractivity contribution in [2.24, 2.45) is 16.5 Å². The second kappa shape index (κ2) is 2.79. The molecule has 0 spiro atoms. The highest BCUT2D eigenvalue weighted by atomic mass is 32.1. The molecule has 2 heterocycles. The van der Waals surface area contributed by atoms with Crippen LogP contribution in [0.15, 0.2) is 22.8 Å². The smallest absolute Gasteiger partial charge is 0.195 e. The van der Waals surface area contributed by atoms with Gasteiger partial charge >= 0.3 is 0 Å². The van der Waals surface area contributed by atoms with E-state index >= 15 is 0 Å². The monoisotopic (exact) mass is 196 g/mol. The maximum Gasteiger partial charge on any atom is 0.195 e. The Morgan fingerprint density at radius 1 is 1.54 bits per heavy atom. The molecule has 1 atom stereocenters. The summed E-state index contributed by atoms with van der Waals surface area (Å²) in [5.41, 5.74) is 12.1. The zero-order valence-electron chi connectivity index (χ0n) is 6.64. The van der Waals surface area contributed by atoms with Crippen LogP contribution in [0.3, 0.4) is 0 Å². The third kappa shape index (κ3) is 1.38. The van der Waals surface area contributed by atoms with E-state index in [0.717, 1.165) is 0 Å². The summed E-state index contributed by atoms with van der Waals surface area (Å²) in [6.45, 7) is 0. The minimum atomic E-state index is -0.962. The molecule has 0 saturated carbocycles. The SMILES string of the molecule is NC1=NC(N)(c2nncs2)C=CN1. The van der Waals surface area contributed by atoms with Crippen LogP contribution in [0, 0.1) is 0 Å². The van der Waals surface area contributed by atoms with Gasteiger partial charge < -0.3 is 11.1 Å². The third-order valence-corrected chi connectivity index (χ3v) is 2.41. The normalized spacial score (nSPS) is 26.7. The molecule has 5 N–H and O–H groups in total. The first-order chi connectivity index (χ1) is 6.21. The van der Waals surface area contributed by atoms with E-state index in [1.165, 1.54) is 11.3 Å². The first-order valence-electron chi connectivity index (χ1n) is 3.56. The average Bonchev–Trinajstić information content (AvgIpc) is 2.55. The molecule has 0 radical (unpaired) electrons. The van der Waals surface area contributed by atoms with Crippen molar-refractivity contribution in [3.63, 3.8) is 0 Å². The van der Waals surface area contributed by atoms with Crippen molar-refractivity contribution >= 4 is 17.3 Å². The molecule has 0 aliphatic carbocycles. The maximum absolute atomic E-state index is 5.93. The lowest BCUT2D eigenvalue weighted by Gasteiger charge is -2.21. The number of guanidine groups is 1. The standard InChI is InChI=1S/C6H8N6S/c7-5-9-2-1-6(8,11-5)4-12-10-3-13-4/h1-3H,8H2,(H3,7,9,11). The molecule has 1 aromatic rings. The van der Waals surface area contributed by atoms with Crippen molar-refractivity contribution in [2.75, 3.05) is 0 Å². The van der Waals surface area contributed by atoms with E-state index in [1.807, 2.05) is 0 Å². The Balaban J connectivity index is 2.41. The molecule has 7 heteroatoms. The number of hydrogen-bond donors (Lipinski definition) is 3. The van der Waals surface area contributed by atoms with Crippen molar-refractivity contribution in [2.45, 2.75) is 5.66 Å². The van der Waals surface area contributed by atoms with Gasteiger partial charge in [-0.05, 0) is 6.08 Å². The number of nitrogens with zero attached hydrogens (tertiary/aromatic N) is 3. The van der Waals surface area contributed by atoms with Crippen LogP contribution in [0.25, 0.3) is 0 Å². The molecule has 1 unspecified atom stereocenters. The molecule has 0 aromatic carbocycles. The number of hydrogen-bond acceptors (Lipinski definition) is 7. The summed E-state index contributed by atoms with van der Waals surface area (Å²) in [5.74, 6) is 0.278. The molecule has 1 aliphatic heterocycles. The van der Waals surface area contributed by atoms with Gasteiger partial charge in [0, 0.05) is 6.20 Å². The van der Waals surface area contributed by atoms with Crippen LogP contribution < -0.4 is 16.8 Å². The fourth-order valence-electron chi connectivity index (χ4n) is 0.990. The van der Waals surface area contributed by atoms with Crippen molar-refractivity contribution < 1.29 is 0 Å². The molecule has 2 rings (SSSR count). The maximum atomic E-state index is 5.93. The molecule has 13 heavy (non-hydrogen) atoms. The predicted molar refractivity (Wildman–Crippen MR) is 49.7 cm³/mol. The number of aromatic nitrogens is 2. The van der Waals surface area contributed by atoms with Crippen LogP contribution in [0.2, 0.25) is 0 Å². The Labute approximate surface area is 78.4 Å². The molecular formula is C6H8N6S. The van der Waals surface area contributed by atoms with Crippen molar-refractivity contribution in [3.05, 3.63) is 22.8 Å². The van der Waals surface area contributed by atoms with E-state index in [2.05, 4.69) is 20.5 Å². The van der Waals surface area contributed by atoms with Gasteiger partial charge in [-0.25, -0.2) is 4.99 Å². The minimum absolute atomic E-state index is 0.278. The highest BCUT2D eigenvalue weighted by Gasteiger charge is 2.29. The van der Waals surface area contributed by atoms with E-state index in [-0.39, 0.29) is 5.96 Å². The highest BCUT2D eigenvalue weighted by molar-refractivity contribution is 7.09. The largest absolute Gasteiger partial charge is 0.370 e. The van der Waals surface area contributed by atoms with Gasteiger partial charge in [0.05, 0.1) is 0 Å². The summed E-state index contributed by atoms with van der Waals surface area (Å²) in [5, 5.41) is 10.9. The van der Waals surface area contributed by atoms with Gasteiger partial charge in [0.25, 0.3) is 0 Å². The first kappa shape index (κ1) is 8.14. The molecule has 0 fully saturated rings. The second-order valence-electron chi connectivity index (χ2n) is 2.54. The van der Waals surface area contributed by atoms with Gasteiger partial charge in [0.2, 0.25) is 0 Å². The first-order valence-corrected chi connectivity index (χ1v) is 4.44. The van der Waals surface area contributed by atoms with Gasteiger partial charge in [-0.3, -0.25) is 5.73 Å². The summed E-state index contributed by atoms with van der Waals surface area (Å²) in [7, 11) is 0. The lowest BCUT2D eigenvalue weighted by Crippen LogP contribution is -2.42. The summed E-state index contributed by atoms with van der Waals surface area (Å²) in [6, 6.07) is 0. The molecule has 1 aromatic heterocycles. The average molecular weight is 196 g/mol. The number of nitrogens with two attached hydrogens (primary N) is 2. The van der Waals surface area contributed by atoms with Crippen LogP contribution in [0.1, 0.15) is 5.01 Å². The van der Waals surface area contributed by atoms with Crippen molar-refractivity contribution in [1.82, 2.24) is 15.5 Å². The van der Waals surface area contributed by atoms with Crippen LogP contribution in [-0.2, 0) is 5.66 Å². The summed E-state index contributed by atoms with van der Waals surface area (Å²) >= 11 is 1.34. The minimum Gasteiger partial charge on any atom is -0.370 e. The fraction of sp³-hybridized carbons (Fsp3) is 0.167. The summed E-state index contributed by atoms with van der Waals surface area (Å²) in [6.07, 6.45) is 3.33. The van der Waals surface area contributed by atoms with Crippen LogP contribution in [-0.4, -0.2) is 16.2 Å². The van der Waals surface area contributed by atoms with Crippen LogP contribution in [0.4, 0.5) is 0 Å². The quantitative estimate of drug-likeness (QED) is 0.539. The topological polar surface area (TPSA) is 102 Å².